The fourth-order valence-electron chi connectivity index (χ4n) is 1.85. The van der Waals surface area contributed by atoms with Crippen LogP contribution in [0.2, 0.25) is 0 Å². The Morgan fingerprint density at radius 1 is 1.04 bits per heavy atom. The zero-order valence-electron chi connectivity index (χ0n) is 14.8. The second kappa shape index (κ2) is 9.23. The molecule has 0 aliphatic heterocycles. The predicted molar refractivity (Wildman–Crippen MR) is 92.9 cm³/mol. The molecule has 0 heterocycles. The molecule has 0 radical (unpaired) electrons. The summed E-state index contributed by atoms with van der Waals surface area (Å²) in [5, 5.41) is 0. The van der Waals surface area contributed by atoms with Crippen molar-refractivity contribution in [3.63, 3.8) is 0 Å². The zero-order valence-corrected chi connectivity index (χ0v) is 14.8. The molecule has 128 valence electrons. The number of esters is 1. The Labute approximate surface area is 139 Å². The minimum absolute atomic E-state index is 0.385. The smallest absolute Gasteiger partial charge is 0.331 e. The molecule has 0 spiro atoms. The predicted octanol–water partition coefficient (Wildman–Crippen LogP) is 4.62. The number of ether oxygens (including phenoxy) is 3. The lowest BCUT2D eigenvalue weighted by molar-refractivity contribution is -0.148. The molecule has 1 aromatic rings. The van der Waals surface area contributed by atoms with E-state index in [-0.39, 0.29) is 5.97 Å². The lowest BCUT2D eigenvalue weighted by Gasteiger charge is -2.18. The molecule has 0 amide bonds. The van der Waals surface area contributed by atoms with Gasteiger partial charge < -0.3 is 14.2 Å². The third-order valence-corrected chi connectivity index (χ3v) is 2.74. The minimum atomic E-state index is -0.513. The maximum atomic E-state index is 11.9. The van der Waals surface area contributed by atoms with Crippen LogP contribution in [0.4, 0.5) is 0 Å². The molecule has 4 nitrogen and oxygen atoms in total. The molecule has 23 heavy (non-hydrogen) atoms. The van der Waals surface area contributed by atoms with Gasteiger partial charge in [-0.3, -0.25) is 0 Å². The van der Waals surface area contributed by atoms with E-state index in [1.54, 1.807) is 6.08 Å². The Morgan fingerprint density at radius 3 is 2.00 bits per heavy atom. The van der Waals surface area contributed by atoms with Crippen molar-refractivity contribution in [1.82, 2.24) is 0 Å². The third kappa shape index (κ3) is 7.22. The van der Waals surface area contributed by atoms with Crippen molar-refractivity contribution in [3.05, 3.63) is 29.8 Å². The van der Waals surface area contributed by atoms with Gasteiger partial charge in [0, 0.05) is 6.08 Å². The molecule has 1 aromatic carbocycles. The van der Waals surface area contributed by atoms with Crippen LogP contribution in [0.25, 0.3) is 6.08 Å². The van der Waals surface area contributed by atoms with Crippen LogP contribution in [0.15, 0.2) is 24.3 Å². The van der Waals surface area contributed by atoms with Gasteiger partial charge in [0.15, 0.2) is 0 Å². The van der Waals surface area contributed by atoms with Gasteiger partial charge >= 0.3 is 5.97 Å². The highest BCUT2D eigenvalue weighted by Gasteiger charge is 2.15. The van der Waals surface area contributed by atoms with Gasteiger partial charge in [0.2, 0.25) is 0 Å². The standard InChI is InChI=1S/C19H28O4/c1-6-13-21-16-9-8-10-17(22-14-7-2)15(16)11-12-18(20)23-19(3,4)5/h8-12H,6-7,13-14H2,1-5H3. The maximum Gasteiger partial charge on any atom is 0.331 e. The van der Waals surface area contributed by atoms with E-state index < -0.39 is 5.60 Å². The minimum Gasteiger partial charge on any atom is -0.493 e. The molecule has 0 atom stereocenters. The second-order valence-corrected chi connectivity index (χ2v) is 6.23. The van der Waals surface area contributed by atoms with Crippen molar-refractivity contribution in [2.24, 2.45) is 0 Å². The largest absolute Gasteiger partial charge is 0.493 e. The molecule has 0 aromatic heterocycles. The summed E-state index contributed by atoms with van der Waals surface area (Å²) in [4.78, 5) is 11.9. The van der Waals surface area contributed by atoms with Crippen molar-refractivity contribution in [2.75, 3.05) is 13.2 Å². The first-order chi connectivity index (χ1) is 10.9. The highest BCUT2D eigenvalue weighted by atomic mass is 16.6. The van der Waals surface area contributed by atoms with E-state index in [1.807, 2.05) is 52.8 Å². The first-order valence-electron chi connectivity index (χ1n) is 8.17. The Bertz CT molecular complexity index is 500. The van der Waals surface area contributed by atoms with Gasteiger partial charge in [-0.25, -0.2) is 4.79 Å². The van der Waals surface area contributed by atoms with Crippen LogP contribution in [0.1, 0.15) is 53.0 Å². The van der Waals surface area contributed by atoms with Crippen LogP contribution in [0, 0.1) is 0 Å². The second-order valence-electron chi connectivity index (χ2n) is 6.23. The van der Waals surface area contributed by atoms with E-state index in [2.05, 4.69) is 0 Å². The molecular formula is C19H28O4. The lowest BCUT2D eigenvalue weighted by atomic mass is 10.1. The molecule has 0 bridgehead atoms. The van der Waals surface area contributed by atoms with Crippen molar-refractivity contribution < 1.29 is 19.0 Å². The summed E-state index contributed by atoms with van der Waals surface area (Å²) >= 11 is 0. The number of rotatable bonds is 8. The van der Waals surface area contributed by atoms with Gasteiger partial charge in [-0.2, -0.15) is 0 Å². The topological polar surface area (TPSA) is 44.8 Å². The Morgan fingerprint density at radius 2 is 1.57 bits per heavy atom. The molecule has 0 unspecified atom stereocenters. The molecule has 0 saturated heterocycles. The highest BCUT2D eigenvalue weighted by molar-refractivity contribution is 5.88. The van der Waals surface area contributed by atoms with Gasteiger partial charge in [-0.1, -0.05) is 19.9 Å². The third-order valence-electron chi connectivity index (χ3n) is 2.74. The molecule has 0 N–H and O–H groups in total. The van der Waals surface area contributed by atoms with E-state index in [1.165, 1.54) is 6.08 Å². The molecule has 1 rings (SSSR count). The van der Waals surface area contributed by atoms with Crippen LogP contribution in [0.5, 0.6) is 11.5 Å². The summed E-state index contributed by atoms with van der Waals surface area (Å²) in [5.41, 5.74) is 0.251. The Hall–Kier alpha value is -1.97. The summed E-state index contributed by atoms with van der Waals surface area (Å²) in [6.45, 7) is 10.9. The van der Waals surface area contributed by atoms with Crippen molar-refractivity contribution in [1.29, 1.82) is 0 Å². The number of carbonyl (C=O) groups is 1. The fourth-order valence-corrected chi connectivity index (χ4v) is 1.85. The van der Waals surface area contributed by atoms with Gasteiger partial charge in [0.1, 0.15) is 17.1 Å². The number of hydrogen-bond acceptors (Lipinski definition) is 4. The molecule has 0 fully saturated rings. The van der Waals surface area contributed by atoms with Crippen molar-refractivity contribution in [2.45, 2.75) is 53.1 Å². The lowest BCUT2D eigenvalue weighted by Crippen LogP contribution is -2.22. The van der Waals surface area contributed by atoms with E-state index in [4.69, 9.17) is 14.2 Å². The molecule has 4 heteroatoms. The van der Waals surface area contributed by atoms with Gasteiger partial charge in [-0.05, 0) is 51.8 Å². The average molecular weight is 320 g/mol. The molecular weight excluding hydrogens is 292 g/mol. The molecule has 0 aliphatic carbocycles. The zero-order chi connectivity index (χ0) is 17.3. The monoisotopic (exact) mass is 320 g/mol. The summed E-state index contributed by atoms with van der Waals surface area (Å²) < 4.78 is 16.8. The van der Waals surface area contributed by atoms with Crippen LogP contribution in [-0.2, 0) is 9.53 Å². The Kier molecular flexibility index (Phi) is 7.66. The molecule has 0 saturated carbocycles. The quantitative estimate of drug-likeness (QED) is 0.518. The van der Waals surface area contributed by atoms with E-state index in [0.717, 1.165) is 18.4 Å². The average Bonchev–Trinajstić information content (AvgIpc) is 2.47. The normalized spacial score (nSPS) is 11.5. The first kappa shape index (κ1) is 19.1. The SMILES string of the molecule is CCCOc1cccc(OCCC)c1C=CC(=O)OC(C)(C)C. The van der Waals surface area contributed by atoms with Gasteiger partial charge in [-0.15, -0.1) is 0 Å². The van der Waals surface area contributed by atoms with Crippen molar-refractivity contribution in [3.8, 4) is 11.5 Å². The number of carbonyl (C=O) groups excluding carboxylic acids is 1. The number of hydrogen-bond donors (Lipinski definition) is 0. The number of benzene rings is 1. The van der Waals surface area contributed by atoms with Gasteiger partial charge in [0.05, 0.1) is 18.8 Å². The highest BCUT2D eigenvalue weighted by Crippen LogP contribution is 2.30. The van der Waals surface area contributed by atoms with Crippen molar-refractivity contribution >= 4 is 12.0 Å². The first-order valence-corrected chi connectivity index (χ1v) is 8.17. The van der Waals surface area contributed by atoms with E-state index >= 15 is 0 Å². The van der Waals surface area contributed by atoms with Crippen LogP contribution >= 0.6 is 0 Å². The van der Waals surface area contributed by atoms with Crippen LogP contribution in [-0.4, -0.2) is 24.8 Å². The van der Waals surface area contributed by atoms with Gasteiger partial charge in [0.25, 0.3) is 0 Å². The summed E-state index contributed by atoms with van der Waals surface area (Å²) in [6.07, 6.45) is 4.94. The summed E-state index contributed by atoms with van der Waals surface area (Å²) in [7, 11) is 0. The molecule has 0 aliphatic rings. The fraction of sp³-hybridized carbons (Fsp3) is 0.526. The van der Waals surface area contributed by atoms with E-state index in [0.29, 0.717) is 24.7 Å². The Balaban J connectivity index is 3.01. The van der Waals surface area contributed by atoms with E-state index in [9.17, 15) is 4.79 Å². The summed E-state index contributed by atoms with van der Waals surface area (Å²) in [5.74, 6) is 1.03. The van der Waals surface area contributed by atoms with Crippen LogP contribution in [0.3, 0.4) is 0 Å². The summed E-state index contributed by atoms with van der Waals surface area (Å²) in [6, 6.07) is 5.65. The maximum absolute atomic E-state index is 11.9. The van der Waals surface area contributed by atoms with Crippen LogP contribution < -0.4 is 9.47 Å².